The molecule has 0 radical (unpaired) electrons. The molecule has 1 aliphatic rings. The maximum atomic E-state index is 12.9. The number of carbonyl (C=O) groups is 3. The first-order chi connectivity index (χ1) is 15.2. The molecule has 3 rings (SSSR count). The molecule has 1 heterocycles. The standard InChI is InChI=1S/C22H21F3N2O5/c1-31-20(29)15-5-7-16(8-6-15)21(30)32-14-19(28)27-11-9-26(10-12-27)18-4-2-3-17(13-18)22(23,24)25/h2-8,13H,9-12,14H2,1H3. The summed E-state index contributed by atoms with van der Waals surface area (Å²) >= 11 is 0. The predicted molar refractivity (Wildman–Crippen MR) is 108 cm³/mol. The summed E-state index contributed by atoms with van der Waals surface area (Å²) in [6.45, 7) is 0.841. The number of ether oxygens (including phenoxy) is 2. The van der Waals surface area contributed by atoms with Crippen molar-refractivity contribution in [2.75, 3.05) is 44.8 Å². The van der Waals surface area contributed by atoms with Gasteiger partial charge in [0.25, 0.3) is 5.91 Å². The highest BCUT2D eigenvalue weighted by atomic mass is 19.4. The molecule has 10 heteroatoms. The first-order valence-electron chi connectivity index (χ1n) is 9.74. The van der Waals surface area contributed by atoms with Gasteiger partial charge in [-0.05, 0) is 42.5 Å². The minimum atomic E-state index is -4.42. The van der Waals surface area contributed by atoms with E-state index < -0.39 is 36.2 Å². The van der Waals surface area contributed by atoms with Crippen LogP contribution in [0.2, 0.25) is 0 Å². The molecular formula is C22H21F3N2O5. The Morgan fingerprint density at radius 3 is 2.06 bits per heavy atom. The number of anilines is 1. The van der Waals surface area contributed by atoms with E-state index in [0.717, 1.165) is 12.1 Å². The van der Waals surface area contributed by atoms with Crippen molar-refractivity contribution in [3.05, 3.63) is 65.2 Å². The highest BCUT2D eigenvalue weighted by Crippen LogP contribution is 2.31. The van der Waals surface area contributed by atoms with Crippen molar-refractivity contribution in [3.63, 3.8) is 0 Å². The molecule has 0 aliphatic carbocycles. The second kappa shape index (κ2) is 9.71. The third-order valence-electron chi connectivity index (χ3n) is 5.04. The first kappa shape index (κ1) is 23.1. The molecule has 0 aromatic heterocycles. The lowest BCUT2D eigenvalue weighted by atomic mass is 10.1. The van der Waals surface area contributed by atoms with E-state index >= 15 is 0 Å². The van der Waals surface area contributed by atoms with Crippen molar-refractivity contribution in [1.82, 2.24) is 4.90 Å². The number of piperazine rings is 1. The van der Waals surface area contributed by atoms with E-state index in [2.05, 4.69) is 4.74 Å². The summed E-state index contributed by atoms with van der Waals surface area (Å²) in [5, 5.41) is 0. The lowest BCUT2D eigenvalue weighted by molar-refractivity contribution is -0.137. The minimum Gasteiger partial charge on any atom is -0.465 e. The third-order valence-corrected chi connectivity index (χ3v) is 5.04. The van der Waals surface area contributed by atoms with Crippen molar-refractivity contribution in [3.8, 4) is 0 Å². The average molecular weight is 450 g/mol. The van der Waals surface area contributed by atoms with Gasteiger partial charge < -0.3 is 19.3 Å². The second-order valence-corrected chi connectivity index (χ2v) is 7.06. The van der Waals surface area contributed by atoms with Crippen LogP contribution in [0.3, 0.4) is 0 Å². The minimum absolute atomic E-state index is 0.180. The maximum absolute atomic E-state index is 12.9. The topological polar surface area (TPSA) is 76.2 Å². The molecule has 32 heavy (non-hydrogen) atoms. The molecule has 0 spiro atoms. The van der Waals surface area contributed by atoms with Crippen molar-refractivity contribution >= 4 is 23.5 Å². The fourth-order valence-corrected chi connectivity index (χ4v) is 3.26. The number of hydrogen-bond acceptors (Lipinski definition) is 6. The zero-order valence-corrected chi connectivity index (χ0v) is 17.2. The van der Waals surface area contributed by atoms with Crippen LogP contribution in [0.4, 0.5) is 18.9 Å². The highest BCUT2D eigenvalue weighted by Gasteiger charge is 2.31. The van der Waals surface area contributed by atoms with Crippen molar-refractivity contribution in [1.29, 1.82) is 0 Å². The number of amides is 1. The van der Waals surface area contributed by atoms with Crippen LogP contribution in [0, 0.1) is 0 Å². The van der Waals surface area contributed by atoms with Gasteiger partial charge in [-0.15, -0.1) is 0 Å². The van der Waals surface area contributed by atoms with Gasteiger partial charge in [-0.1, -0.05) is 6.07 Å². The smallest absolute Gasteiger partial charge is 0.416 e. The van der Waals surface area contributed by atoms with Gasteiger partial charge in [0.05, 0.1) is 23.8 Å². The van der Waals surface area contributed by atoms with E-state index in [4.69, 9.17) is 4.74 Å². The van der Waals surface area contributed by atoms with Crippen molar-refractivity contribution < 1.29 is 37.0 Å². The molecule has 2 aromatic rings. The van der Waals surface area contributed by atoms with Gasteiger partial charge in [-0.3, -0.25) is 4.79 Å². The summed E-state index contributed by atoms with van der Waals surface area (Å²) < 4.78 is 48.4. The quantitative estimate of drug-likeness (QED) is 0.652. The average Bonchev–Trinajstić information content (AvgIpc) is 2.81. The number of alkyl halides is 3. The molecule has 7 nitrogen and oxygen atoms in total. The summed E-state index contributed by atoms with van der Waals surface area (Å²) in [5.74, 6) is -1.64. The van der Waals surface area contributed by atoms with Gasteiger partial charge in [-0.25, -0.2) is 9.59 Å². The van der Waals surface area contributed by atoms with E-state index in [9.17, 15) is 27.6 Å². The molecular weight excluding hydrogens is 429 g/mol. The molecule has 0 bridgehead atoms. The summed E-state index contributed by atoms with van der Waals surface area (Å²) in [6.07, 6.45) is -4.42. The van der Waals surface area contributed by atoms with Crippen LogP contribution < -0.4 is 4.90 Å². The van der Waals surface area contributed by atoms with Crippen LogP contribution in [0.15, 0.2) is 48.5 Å². The van der Waals surface area contributed by atoms with Crippen LogP contribution in [0.25, 0.3) is 0 Å². The summed E-state index contributed by atoms with van der Waals surface area (Å²) in [7, 11) is 1.25. The zero-order valence-electron chi connectivity index (χ0n) is 17.2. The Morgan fingerprint density at radius 1 is 0.906 bits per heavy atom. The SMILES string of the molecule is COC(=O)c1ccc(C(=O)OCC(=O)N2CCN(c3cccc(C(F)(F)F)c3)CC2)cc1. The fraction of sp³-hybridized carbons (Fsp3) is 0.318. The Balaban J connectivity index is 1.49. The number of hydrogen-bond donors (Lipinski definition) is 0. The number of esters is 2. The molecule has 1 fully saturated rings. The van der Waals surface area contributed by atoms with Gasteiger partial charge >= 0.3 is 18.1 Å². The maximum Gasteiger partial charge on any atom is 0.416 e. The zero-order chi connectivity index (χ0) is 23.3. The number of methoxy groups -OCH3 is 1. The number of halogens is 3. The first-order valence-corrected chi connectivity index (χ1v) is 9.74. The van der Waals surface area contributed by atoms with Crippen molar-refractivity contribution in [2.45, 2.75) is 6.18 Å². The van der Waals surface area contributed by atoms with E-state index in [1.165, 1.54) is 42.3 Å². The lowest BCUT2D eigenvalue weighted by Crippen LogP contribution is -2.50. The molecule has 0 unspecified atom stereocenters. The van der Waals surface area contributed by atoms with E-state index in [-0.39, 0.29) is 11.1 Å². The normalized spacial score (nSPS) is 14.1. The van der Waals surface area contributed by atoms with Crippen molar-refractivity contribution in [2.24, 2.45) is 0 Å². The van der Waals surface area contributed by atoms with E-state index in [1.807, 2.05) is 0 Å². The number of nitrogens with zero attached hydrogens (tertiary/aromatic N) is 2. The fourth-order valence-electron chi connectivity index (χ4n) is 3.26. The lowest BCUT2D eigenvalue weighted by Gasteiger charge is -2.36. The third kappa shape index (κ3) is 5.57. The van der Waals surface area contributed by atoms with Crippen LogP contribution in [-0.2, 0) is 20.4 Å². The molecule has 2 aromatic carbocycles. The Kier molecular flexibility index (Phi) is 7.01. The number of carbonyl (C=O) groups excluding carboxylic acids is 3. The number of benzene rings is 2. The monoisotopic (exact) mass is 450 g/mol. The molecule has 0 saturated carbocycles. The Morgan fingerprint density at radius 2 is 1.50 bits per heavy atom. The molecule has 1 saturated heterocycles. The van der Waals surface area contributed by atoms with E-state index in [0.29, 0.717) is 31.9 Å². The van der Waals surface area contributed by atoms with Gasteiger partial charge in [0.15, 0.2) is 6.61 Å². The van der Waals surface area contributed by atoms with Crippen LogP contribution in [0.5, 0.6) is 0 Å². The Bertz CT molecular complexity index is 984. The van der Waals surface area contributed by atoms with Gasteiger partial charge in [0.1, 0.15) is 0 Å². The Hall–Kier alpha value is -3.56. The molecule has 1 aliphatic heterocycles. The molecule has 170 valence electrons. The van der Waals surface area contributed by atoms with Gasteiger partial charge in [0.2, 0.25) is 0 Å². The van der Waals surface area contributed by atoms with Gasteiger partial charge in [0, 0.05) is 31.9 Å². The Labute approximate surface area is 182 Å². The van der Waals surface area contributed by atoms with Crippen LogP contribution >= 0.6 is 0 Å². The van der Waals surface area contributed by atoms with Crippen LogP contribution in [-0.4, -0.2) is 62.6 Å². The number of rotatable bonds is 5. The molecule has 0 atom stereocenters. The van der Waals surface area contributed by atoms with Gasteiger partial charge in [-0.2, -0.15) is 13.2 Å². The largest absolute Gasteiger partial charge is 0.465 e. The molecule has 0 N–H and O–H groups in total. The summed E-state index contributed by atoms with van der Waals surface area (Å²) in [4.78, 5) is 39.2. The van der Waals surface area contributed by atoms with E-state index in [1.54, 1.807) is 11.0 Å². The summed E-state index contributed by atoms with van der Waals surface area (Å²) in [5.41, 5.74) is 0.173. The highest BCUT2D eigenvalue weighted by molar-refractivity contribution is 5.94. The van der Waals surface area contributed by atoms with Crippen LogP contribution in [0.1, 0.15) is 26.3 Å². The predicted octanol–water partition coefficient (Wildman–Crippen LogP) is 3.00. The second-order valence-electron chi connectivity index (χ2n) is 7.06. The summed E-state index contributed by atoms with van der Waals surface area (Å²) in [6, 6.07) is 10.7. The molecule has 1 amide bonds.